The molecule has 0 aliphatic rings. The molecular formula is C14H16N2O4S. The van der Waals surface area contributed by atoms with Gasteiger partial charge in [-0.15, -0.1) is 0 Å². The highest BCUT2D eigenvalue weighted by molar-refractivity contribution is 7.89. The summed E-state index contributed by atoms with van der Waals surface area (Å²) in [6.07, 6.45) is 2.04. The lowest BCUT2D eigenvalue weighted by Crippen LogP contribution is -2.12. The molecule has 0 amide bonds. The fourth-order valence-electron chi connectivity index (χ4n) is 1.72. The van der Waals surface area contributed by atoms with Gasteiger partial charge in [0.25, 0.3) is 0 Å². The SMILES string of the molecule is CCc1ccc(Oc2ccc(S(N)(=O)=O)cn2)c(OC)c1. The molecule has 1 aromatic carbocycles. The second kappa shape index (κ2) is 6.11. The molecule has 0 saturated carbocycles. The Morgan fingerprint density at radius 2 is 1.95 bits per heavy atom. The van der Waals surface area contributed by atoms with Crippen molar-refractivity contribution in [3.8, 4) is 17.4 Å². The highest BCUT2D eigenvalue weighted by atomic mass is 32.2. The molecule has 0 aliphatic heterocycles. The van der Waals surface area contributed by atoms with E-state index in [0.29, 0.717) is 11.5 Å². The molecule has 112 valence electrons. The molecule has 2 rings (SSSR count). The van der Waals surface area contributed by atoms with Crippen molar-refractivity contribution in [1.29, 1.82) is 0 Å². The molecule has 0 bridgehead atoms. The minimum atomic E-state index is -3.76. The molecular weight excluding hydrogens is 292 g/mol. The first-order valence-corrected chi connectivity index (χ1v) is 7.82. The normalized spacial score (nSPS) is 11.2. The Hall–Kier alpha value is -2.12. The number of aromatic nitrogens is 1. The lowest BCUT2D eigenvalue weighted by atomic mass is 10.1. The summed E-state index contributed by atoms with van der Waals surface area (Å²) >= 11 is 0. The Labute approximate surface area is 123 Å². The van der Waals surface area contributed by atoms with Gasteiger partial charge in [-0.05, 0) is 30.2 Å². The molecule has 0 fully saturated rings. The number of methoxy groups -OCH3 is 1. The third kappa shape index (κ3) is 3.71. The number of aryl methyl sites for hydroxylation is 1. The van der Waals surface area contributed by atoms with E-state index >= 15 is 0 Å². The van der Waals surface area contributed by atoms with Crippen LogP contribution < -0.4 is 14.6 Å². The van der Waals surface area contributed by atoms with Gasteiger partial charge < -0.3 is 9.47 Å². The maximum Gasteiger partial charge on any atom is 0.239 e. The summed E-state index contributed by atoms with van der Waals surface area (Å²) in [6.45, 7) is 2.04. The summed E-state index contributed by atoms with van der Waals surface area (Å²) in [5.74, 6) is 1.35. The molecule has 6 nitrogen and oxygen atoms in total. The van der Waals surface area contributed by atoms with Gasteiger partial charge in [-0.1, -0.05) is 13.0 Å². The lowest BCUT2D eigenvalue weighted by Gasteiger charge is -2.11. The van der Waals surface area contributed by atoms with E-state index < -0.39 is 10.0 Å². The van der Waals surface area contributed by atoms with Crippen LogP contribution in [-0.2, 0) is 16.4 Å². The Bertz CT molecular complexity index is 727. The molecule has 0 aliphatic carbocycles. The number of nitrogens with two attached hydrogens (primary N) is 1. The third-order valence-corrected chi connectivity index (χ3v) is 3.79. The van der Waals surface area contributed by atoms with Crippen molar-refractivity contribution in [2.45, 2.75) is 18.2 Å². The quantitative estimate of drug-likeness (QED) is 0.913. The summed E-state index contributed by atoms with van der Waals surface area (Å²) in [5, 5.41) is 5.01. The van der Waals surface area contributed by atoms with Crippen molar-refractivity contribution in [3.63, 3.8) is 0 Å². The van der Waals surface area contributed by atoms with Crippen molar-refractivity contribution in [1.82, 2.24) is 4.98 Å². The van der Waals surface area contributed by atoms with Crippen LogP contribution in [0.2, 0.25) is 0 Å². The first-order chi connectivity index (χ1) is 9.94. The Morgan fingerprint density at radius 1 is 1.19 bits per heavy atom. The number of nitrogens with zero attached hydrogens (tertiary/aromatic N) is 1. The Balaban J connectivity index is 2.26. The van der Waals surface area contributed by atoms with Crippen molar-refractivity contribution >= 4 is 10.0 Å². The highest BCUT2D eigenvalue weighted by Gasteiger charge is 2.10. The number of rotatable bonds is 5. The van der Waals surface area contributed by atoms with E-state index in [1.165, 1.54) is 12.1 Å². The minimum absolute atomic E-state index is 0.0665. The largest absolute Gasteiger partial charge is 0.493 e. The molecule has 0 saturated heterocycles. The molecule has 0 spiro atoms. The van der Waals surface area contributed by atoms with Gasteiger partial charge in [0.05, 0.1) is 13.3 Å². The van der Waals surface area contributed by atoms with Gasteiger partial charge in [0.1, 0.15) is 4.90 Å². The zero-order valence-electron chi connectivity index (χ0n) is 11.7. The molecule has 1 aromatic heterocycles. The maximum absolute atomic E-state index is 11.2. The van der Waals surface area contributed by atoms with Crippen molar-refractivity contribution < 1.29 is 17.9 Å². The van der Waals surface area contributed by atoms with Crippen LogP contribution in [0.25, 0.3) is 0 Å². The van der Waals surface area contributed by atoms with Crippen molar-refractivity contribution in [2.24, 2.45) is 5.14 Å². The van der Waals surface area contributed by atoms with Gasteiger partial charge in [0, 0.05) is 6.07 Å². The predicted octanol–water partition coefficient (Wildman–Crippen LogP) is 2.09. The fourth-order valence-corrected chi connectivity index (χ4v) is 2.18. The van der Waals surface area contributed by atoms with Gasteiger partial charge in [-0.2, -0.15) is 0 Å². The molecule has 7 heteroatoms. The average molecular weight is 308 g/mol. The number of pyridine rings is 1. The molecule has 2 N–H and O–H groups in total. The summed E-state index contributed by atoms with van der Waals surface area (Å²) in [4.78, 5) is 3.85. The first kappa shape index (κ1) is 15.3. The number of hydrogen-bond donors (Lipinski definition) is 1. The van der Waals surface area contributed by atoms with Crippen molar-refractivity contribution in [2.75, 3.05) is 7.11 Å². The number of ether oxygens (including phenoxy) is 2. The number of primary sulfonamides is 1. The molecule has 0 atom stereocenters. The van der Waals surface area contributed by atoms with Crippen LogP contribution >= 0.6 is 0 Å². The van der Waals surface area contributed by atoms with Gasteiger partial charge in [-0.3, -0.25) is 0 Å². The maximum atomic E-state index is 11.2. The predicted molar refractivity (Wildman–Crippen MR) is 78.1 cm³/mol. The smallest absolute Gasteiger partial charge is 0.239 e. The van der Waals surface area contributed by atoms with Crippen LogP contribution in [0, 0.1) is 0 Å². The van der Waals surface area contributed by atoms with Crippen LogP contribution in [0.5, 0.6) is 17.4 Å². The number of benzene rings is 1. The molecule has 1 heterocycles. The second-order valence-corrected chi connectivity index (χ2v) is 5.88. The Kier molecular flexibility index (Phi) is 4.44. The first-order valence-electron chi connectivity index (χ1n) is 6.27. The number of hydrogen-bond acceptors (Lipinski definition) is 5. The summed E-state index contributed by atoms with van der Waals surface area (Å²) < 4.78 is 33.2. The van der Waals surface area contributed by atoms with E-state index in [1.807, 2.05) is 19.1 Å². The summed E-state index contributed by atoms with van der Waals surface area (Å²) in [5.41, 5.74) is 1.12. The van der Waals surface area contributed by atoms with Gasteiger partial charge in [0.15, 0.2) is 11.5 Å². The van der Waals surface area contributed by atoms with Crippen LogP contribution in [0.15, 0.2) is 41.4 Å². The van der Waals surface area contributed by atoms with Crippen LogP contribution in [0.4, 0.5) is 0 Å². The summed E-state index contributed by atoms with van der Waals surface area (Å²) in [7, 11) is -2.20. The highest BCUT2D eigenvalue weighted by Crippen LogP contribution is 2.31. The van der Waals surface area contributed by atoms with Gasteiger partial charge >= 0.3 is 0 Å². The monoisotopic (exact) mass is 308 g/mol. The number of sulfonamides is 1. The summed E-state index contributed by atoms with van der Waals surface area (Å²) in [6, 6.07) is 8.37. The Morgan fingerprint density at radius 3 is 2.48 bits per heavy atom. The van der Waals surface area contributed by atoms with E-state index in [4.69, 9.17) is 14.6 Å². The van der Waals surface area contributed by atoms with Crippen molar-refractivity contribution in [3.05, 3.63) is 42.1 Å². The topological polar surface area (TPSA) is 91.5 Å². The minimum Gasteiger partial charge on any atom is -0.493 e. The molecule has 21 heavy (non-hydrogen) atoms. The zero-order chi connectivity index (χ0) is 15.5. The molecule has 0 unspecified atom stereocenters. The van der Waals surface area contributed by atoms with Crippen LogP contribution in [0.3, 0.4) is 0 Å². The lowest BCUT2D eigenvalue weighted by molar-refractivity contribution is 0.373. The zero-order valence-corrected chi connectivity index (χ0v) is 12.6. The van der Waals surface area contributed by atoms with Crippen LogP contribution in [0.1, 0.15) is 12.5 Å². The van der Waals surface area contributed by atoms with Gasteiger partial charge in [-0.25, -0.2) is 18.5 Å². The molecule has 0 radical (unpaired) electrons. The third-order valence-electron chi connectivity index (χ3n) is 2.89. The van der Waals surface area contributed by atoms with E-state index in [0.717, 1.165) is 18.2 Å². The standard InChI is InChI=1S/C14H16N2O4S/c1-3-10-4-6-12(13(8-10)19-2)20-14-7-5-11(9-16-14)21(15,17)18/h4-9H,3H2,1-2H3,(H2,15,17,18). The van der Waals surface area contributed by atoms with E-state index in [-0.39, 0.29) is 10.8 Å². The van der Waals surface area contributed by atoms with E-state index in [1.54, 1.807) is 13.2 Å². The van der Waals surface area contributed by atoms with E-state index in [9.17, 15) is 8.42 Å². The van der Waals surface area contributed by atoms with Gasteiger partial charge in [0.2, 0.25) is 15.9 Å². The second-order valence-electron chi connectivity index (χ2n) is 4.32. The molecule has 2 aromatic rings. The average Bonchev–Trinajstić information content (AvgIpc) is 2.47. The fraction of sp³-hybridized carbons (Fsp3) is 0.214. The van der Waals surface area contributed by atoms with Crippen LogP contribution in [-0.4, -0.2) is 20.5 Å². The van der Waals surface area contributed by atoms with E-state index in [2.05, 4.69) is 4.98 Å².